The van der Waals surface area contributed by atoms with Crippen LogP contribution >= 0.6 is 12.4 Å². The SMILES string of the molecule is CC(C)c1ccc(NC(=O)CN)c(C(C)C)c1.Cl. The number of benzene rings is 1. The summed E-state index contributed by atoms with van der Waals surface area (Å²) in [7, 11) is 0. The Labute approximate surface area is 116 Å². The van der Waals surface area contributed by atoms with Crippen molar-refractivity contribution in [3.05, 3.63) is 29.3 Å². The van der Waals surface area contributed by atoms with Crippen LogP contribution in [0.5, 0.6) is 0 Å². The number of carbonyl (C=O) groups excluding carboxylic acids is 1. The molecule has 0 bridgehead atoms. The van der Waals surface area contributed by atoms with Gasteiger partial charge in [-0.25, -0.2) is 0 Å². The van der Waals surface area contributed by atoms with Crippen LogP contribution in [0.4, 0.5) is 5.69 Å². The van der Waals surface area contributed by atoms with Crippen LogP contribution in [0.2, 0.25) is 0 Å². The molecule has 18 heavy (non-hydrogen) atoms. The van der Waals surface area contributed by atoms with Gasteiger partial charge in [0.1, 0.15) is 0 Å². The van der Waals surface area contributed by atoms with Gasteiger partial charge in [-0.3, -0.25) is 4.79 Å². The van der Waals surface area contributed by atoms with E-state index < -0.39 is 0 Å². The third kappa shape index (κ3) is 4.31. The predicted molar refractivity (Wildman–Crippen MR) is 79.6 cm³/mol. The molecule has 0 saturated carbocycles. The Hall–Kier alpha value is -1.06. The molecule has 0 aliphatic carbocycles. The highest BCUT2D eigenvalue weighted by Crippen LogP contribution is 2.28. The number of amides is 1. The van der Waals surface area contributed by atoms with Crippen molar-refractivity contribution in [1.29, 1.82) is 0 Å². The summed E-state index contributed by atoms with van der Waals surface area (Å²) >= 11 is 0. The molecule has 0 fully saturated rings. The Balaban J connectivity index is 0.00000289. The van der Waals surface area contributed by atoms with E-state index in [0.29, 0.717) is 11.8 Å². The van der Waals surface area contributed by atoms with Crippen LogP contribution in [0, 0.1) is 0 Å². The largest absolute Gasteiger partial charge is 0.325 e. The molecule has 0 aromatic heterocycles. The van der Waals surface area contributed by atoms with Gasteiger partial charge >= 0.3 is 0 Å². The molecular weight excluding hydrogens is 248 g/mol. The summed E-state index contributed by atoms with van der Waals surface area (Å²) in [5, 5.41) is 2.84. The molecule has 102 valence electrons. The Bertz CT molecular complexity index is 403. The fraction of sp³-hybridized carbons (Fsp3) is 0.500. The van der Waals surface area contributed by atoms with Crippen LogP contribution in [0.15, 0.2) is 18.2 Å². The third-order valence-corrected chi connectivity index (χ3v) is 2.82. The van der Waals surface area contributed by atoms with Crippen molar-refractivity contribution >= 4 is 24.0 Å². The first-order valence-electron chi connectivity index (χ1n) is 6.09. The summed E-state index contributed by atoms with van der Waals surface area (Å²) in [4.78, 5) is 11.3. The van der Waals surface area contributed by atoms with E-state index >= 15 is 0 Å². The van der Waals surface area contributed by atoms with Crippen molar-refractivity contribution < 1.29 is 4.79 Å². The summed E-state index contributed by atoms with van der Waals surface area (Å²) in [6.45, 7) is 8.59. The van der Waals surface area contributed by atoms with Crippen molar-refractivity contribution in [3.8, 4) is 0 Å². The van der Waals surface area contributed by atoms with Crippen LogP contribution in [0.3, 0.4) is 0 Å². The Kier molecular flexibility index (Phi) is 6.96. The minimum atomic E-state index is -0.149. The first-order chi connectivity index (χ1) is 7.95. The van der Waals surface area contributed by atoms with E-state index in [-0.39, 0.29) is 24.9 Å². The quantitative estimate of drug-likeness (QED) is 0.882. The molecule has 1 aromatic rings. The van der Waals surface area contributed by atoms with E-state index in [2.05, 4.69) is 45.1 Å². The molecule has 0 unspecified atom stereocenters. The van der Waals surface area contributed by atoms with Crippen LogP contribution in [0.1, 0.15) is 50.7 Å². The molecule has 1 aromatic carbocycles. The van der Waals surface area contributed by atoms with Gasteiger partial charge in [-0.2, -0.15) is 0 Å². The minimum absolute atomic E-state index is 0. The number of anilines is 1. The molecule has 4 heteroatoms. The lowest BCUT2D eigenvalue weighted by Crippen LogP contribution is -2.22. The maximum atomic E-state index is 11.3. The predicted octanol–water partition coefficient (Wildman–Crippen LogP) is 3.25. The summed E-state index contributed by atoms with van der Waals surface area (Å²) in [5.74, 6) is 0.720. The second-order valence-electron chi connectivity index (χ2n) is 4.91. The van der Waals surface area contributed by atoms with Crippen LogP contribution < -0.4 is 11.1 Å². The average Bonchev–Trinajstić information content (AvgIpc) is 2.28. The van der Waals surface area contributed by atoms with E-state index in [9.17, 15) is 4.79 Å². The minimum Gasteiger partial charge on any atom is -0.325 e. The molecular formula is C14H23ClN2O. The Morgan fingerprint density at radius 1 is 1.22 bits per heavy atom. The van der Waals surface area contributed by atoms with Crippen LogP contribution in [0.25, 0.3) is 0 Å². The zero-order chi connectivity index (χ0) is 13.0. The fourth-order valence-electron chi connectivity index (χ4n) is 1.73. The first kappa shape index (κ1) is 16.9. The van der Waals surface area contributed by atoms with E-state index in [4.69, 9.17) is 5.73 Å². The molecule has 0 saturated heterocycles. The molecule has 0 aliphatic rings. The Morgan fingerprint density at radius 2 is 1.83 bits per heavy atom. The number of halogens is 1. The van der Waals surface area contributed by atoms with Crippen LogP contribution in [-0.4, -0.2) is 12.5 Å². The van der Waals surface area contributed by atoms with Gasteiger partial charge in [0.2, 0.25) is 5.91 Å². The molecule has 0 atom stereocenters. The van der Waals surface area contributed by atoms with Gasteiger partial charge < -0.3 is 11.1 Å². The van der Waals surface area contributed by atoms with Gasteiger partial charge in [-0.1, -0.05) is 39.8 Å². The van der Waals surface area contributed by atoms with Gasteiger partial charge in [-0.15, -0.1) is 12.4 Å². The topological polar surface area (TPSA) is 55.1 Å². The van der Waals surface area contributed by atoms with E-state index in [0.717, 1.165) is 11.3 Å². The lowest BCUT2D eigenvalue weighted by molar-refractivity contribution is -0.114. The second-order valence-corrected chi connectivity index (χ2v) is 4.91. The number of hydrogen-bond acceptors (Lipinski definition) is 2. The monoisotopic (exact) mass is 270 g/mol. The smallest absolute Gasteiger partial charge is 0.238 e. The fourth-order valence-corrected chi connectivity index (χ4v) is 1.73. The number of hydrogen-bond donors (Lipinski definition) is 2. The maximum absolute atomic E-state index is 11.3. The normalized spacial score (nSPS) is 10.4. The van der Waals surface area contributed by atoms with Gasteiger partial charge in [0.25, 0.3) is 0 Å². The third-order valence-electron chi connectivity index (χ3n) is 2.82. The summed E-state index contributed by atoms with van der Waals surface area (Å²) < 4.78 is 0. The summed E-state index contributed by atoms with van der Waals surface area (Å²) in [6.07, 6.45) is 0. The summed E-state index contributed by atoms with van der Waals surface area (Å²) in [6, 6.07) is 6.20. The van der Waals surface area contributed by atoms with Gasteiger partial charge in [0.15, 0.2) is 0 Å². The zero-order valence-corrected chi connectivity index (χ0v) is 12.3. The number of rotatable bonds is 4. The molecule has 3 N–H and O–H groups in total. The van der Waals surface area contributed by atoms with Crippen molar-refractivity contribution in [2.24, 2.45) is 5.73 Å². The van der Waals surface area contributed by atoms with Crippen molar-refractivity contribution in [3.63, 3.8) is 0 Å². The highest BCUT2D eigenvalue weighted by Gasteiger charge is 2.11. The summed E-state index contributed by atoms with van der Waals surface area (Å²) in [5.41, 5.74) is 8.64. The highest BCUT2D eigenvalue weighted by atomic mass is 35.5. The molecule has 1 amide bonds. The zero-order valence-electron chi connectivity index (χ0n) is 11.5. The van der Waals surface area contributed by atoms with Gasteiger partial charge in [0, 0.05) is 5.69 Å². The number of carbonyl (C=O) groups is 1. The maximum Gasteiger partial charge on any atom is 0.238 e. The molecule has 1 rings (SSSR count). The van der Waals surface area contributed by atoms with E-state index in [1.807, 2.05) is 6.07 Å². The highest BCUT2D eigenvalue weighted by molar-refractivity contribution is 5.93. The van der Waals surface area contributed by atoms with Crippen molar-refractivity contribution in [2.75, 3.05) is 11.9 Å². The van der Waals surface area contributed by atoms with E-state index in [1.54, 1.807) is 0 Å². The van der Waals surface area contributed by atoms with Crippen molar-refractivity contribution in [1.82, 2.24) is 0 Å². The molecule has 0 heterocycles. The molecule has 3 nitrogen and oxygen atoms in total. The van der Waals surface area contributed by atoms with Gasteiger partial charge in [-0.05, 0) is 29.0 Å². The number of nitrogens with two attached hydrogens (primary N) is 1. The molecule has 0 spiro atoms. The van der Waals surface area contributed by atoms with Crippen LogP contribution in [-0.2, 0) is 4.79 Å². The average molecular weight is 271 g/mol. The second kappa shape index (κ2) is 7.39. The van der Waals surface area contributed by atoms with Crippen molar-refractivity contribution in [2.45, 2.75) is 39.5 Å². The standard InChI is InChI=1S/C14H22N2O.ClH/c1-9(2)11-5-6-13(16-14(17)8-15)12(7-11)10(3)4;/h5-7,9-10H,8,15H2,1-4H3,(H,16,17);1H. The van der Waals surface area contributed by atoms with Gasteiger partial charge in [0.05, 0.1) is 6.54 Å². The molecule has 0 aliphatic heterocycles. The molecule has 0 radical (unpaired) electrons. The first-order valence-corrected chi connectivity index (χ1v) is 6.09. The Morgan fingerprint density at radius 3 is 2.28 bits per heavy atom. The lowest BCUT2D eigenvalue weighted by Gasteiger charge is -2.16. The number of nitrogens with one attached hydrogen (secondary N) is 1. The lowest BCUT2D eigenvalue weighted by atomic mass is 9.94. The van der Waals surface area contributed by atoms with E-state index in [1.165, 1.54) is 5.56 Å².